The smallest absolute Gasteiger partial charge is 0.174 e. The predicted molar refractivity (Wildman–Crippen MR) is 124 cm³/mol. The summed E-state index contributed by atoms with van der Waals surface area (Å²) in [6, 6.07) is 21.7. The summed E-state index contributed by atoms with van der Waals surface area (Å²) < 4.78 is 7.81. The highest BCUT2D eigenvalue weighted by molar-refractivity contribution is 7.80. The van der Waals surface area contributed by atoms with Gasteiger partial charge in [0.25, 0.3) is 0 Å². The van der Waals surface area contributed by atoms with Crippen molar-refractivity contribution < 1.29 is 4.74 Å². The second-order valence-electron chi connectivity index (χ2n) is 7.18. The summed E-state index contributed by atoms with van der Waals surface area (Å²) in [6.45, 7) is 0. The number of benzene rings is 1. The number of ether oxygens (including phenoxy) is 1. The number of methoxy groups -OCH3 is 1. The third-order valence-corrected chi connectivity index (χ3v) is 5.76. The van der Waals surface area contributed by atoms with Crippen LogP contribution in [-0.2, 0) is 0 Å². The van der Waals surface area contributed by atoms with Crippen molar-refractivity contribution in [3.63, 3.8) is 0 Å². The van der Waals surface area contributed by atoms with Gasteiger partial charge in [-0.3, -0.25) is 9.97 Å². The number of aromatic nitrogens is 3. The van der Waals surface area contributed by atoms with E-state index in [2.05, 4.69) is 30.8 Å². The van der Waals surface area contributed by atoms with Gasteiger partial charge in [0.15, 0.2) is 5.11 Å². The zero-order chi connectivity index (χ0) is 21.2. The molecule has 3 aromatic heterocycles. The van der Waals surface area contributed by atoms with Crippen LogP contribution in [0.5, 0.6) is 5.75 Å². The zero-order valence-corrected chi connectivity index (χ0v) is 17.7. The maximum absolute atomic E-state index is 5.83. The molecule has 1 aliphatic rings. The van der Waals surface area contributed by atoms with Gasteiger partial charge in [-0.25, -0.2) is 0 Å². The van der Waals surface area contributed by atoms with Crippen molar-refractivity contribution in [2.75, 3.05) is 12.0 Å². The molecule has 0 saturated carbocycles. The Morgan fingerprint density at radius 1 is 0.968 bits per heavy atom. The van der Waals surface area contributed by atoms with Gasteiger partial charge in [-0.05, 0) is 60.7 Å². The molecule has 0 aliphatic carbocycles. The molecule has 0 radical (unpaired) electrons. The first-order chi connectivity index (χ1) is 15.3. The summed E-state index contributed by atoms with van der Waals surface area (Å²) >= 11 is 5.83. The summed E-state index contributed by atoms with van der Waals surface area (Å²) in [5.41, 5.74) is 3.89. The van der Waals surface area contributed by atoms with Crippen molar-refractivity contribution >= 4 is 23.0 Å². The highest BCUT2D eigenvalue weighted by Gasteiger charge is 2.43. The van der Waals surface area contributed by atoms with Crippen LogP contribution in [0.2, 0.25) is 0 Å². The Hall–Kier alpha value is -3.71. The average molecular weight is 428 g/mol. The fraction of sp³-hybridized carbons (Fsp3) is 0.125. The van der Waals surface area contributed by atoms with E-state index in [1.54, 1.807) is 13.3 Å². The molecule has 1 saturated heterocycles. The summed E-state index contributed by atoms with van der Waals surface area (Å²) in [4.78, 5) is 11.0. The van der Waals surface area contributed by atoms with Gasteiger partial charge in [0.2, 0.25) is 0 Å². The van der Waals surface area contributed by atoms with Crippen molar-refractivity contribution in [1.82, 2.24) is 19.9 Å². The molecule has 6 nitrogen and oxygen atoms in total. The first-order valence-electron chi connectivity index (χ1n) is 9.99. The number of nitrogens with one attached hydrogen (secondary N) is 1. The van der Waals surface area contributed by atoms with Crippen LogP contribution >= 0.6 is 12.2 Å². The van der Waals surface area contributed by atoms with Gasteiger partial charge < -0.3 is 19.5 Å². The summed E-state index contributed by atoms with van der Waals surface area (Å²) in [5, 5.41) is 4.13. The van der Waals surface area contributed by atoms with Crippen LogP contribution < -0.4 is 15.0 Å². The van der Waals surface area contributed by atoms with Crippen LogP contribution in [0.15, 0.2) is 91.5 Å². The maximum Gasteiger partial charge on any atom is 0.174 e. The number of rotatable bonds is 5. The fourth-order valence-corrected chi connectivity index (χ4v) is 4.45. The maximum atomic E-state index is 5.83. The molecular weight excluding hydrogens is 406 g/mol. The number of hydrogen-bond acceptors (Lipinski definition) is 4. The molecule has 0 amide bonds. The molecule has 31 heavy (non-hydrogen) atoms. The quantitative estimate of drug-likeness (QED) is 0.475. The Balaban J connectivity index is 1.69. The fourth-order valence-electron chi connectivity index (χ4n) is 4.11. The van der Waals surface area contributed by atoms with E-state index >= 15 is 0 Å². The molecule has 1 aromatic carbocycles. The number of pyridine rings is 2. The number of nitrogens with zero attached hydrogens (tertiary/aromatic N) is 4. The predicted octanol–water partition coefficient (Wildman–Crippen LogP) is 4.45. The van der Waals surface area contributed by atoms with E-state index < -0.39 is 0 Å². The van der Waals surface area contributed by atoms with E-state index in [0.717, 1.165) is 28.5 Å². The van der Waals surface area contributed by atoms with E-state index in [0.29, 0.717) is 5.11 Å². The van der Waals surface area contributed by atoms with E-state index in [1.807, 2.05) is 79.3 Å². The lowest BCUT2D eigenvalue weighted by Crippen LogP contribution is -2.30. The standard InChI is InChI=1S/C24H21N5OS/c1-30-21-12-3-2-10-19(21)29-23(22(27-24(29)31)18-9-4-5-14-26-18)20-11-7-15-28(20)17-8-6-13-25-16-17/h2-16,22-23H,1H3,(H,27,31)/t22-,23+/m0/s1. The van der Waals surface area contributed by atoms with Gasteiger partial charge in [0.05, 0.1) is 36.4 Å². The molecule has 1 fully saturated rings. The molecule has 2 atom stereocenters. The summed E-state index contributed by atoms with van der Waals surface area (Å²) in [7, 11) is 1.68. The largest absolute Gasteiger partial charge is 0.495 e. The molecule has 4 aromatic rings. The number of anilines is 1. The van der Waals surface area contributed by atoms with Gasteiger partial charge in [-0.1, -0.05) is 18.2 Å². The molecule has 154 valence electrons. The Morgan fingerprint density at radius 2 is 1.84 bits per heavy atom. The lowest BCUT2D eigenvalue weighted by atomic mass is 10.0. The van der Waals surface area contributed by atoms with E-state index in [9.17, 15) is 0 Å². The average Bonchev–Trinajstić information content (AvgIpc) is 3.44. The normalized spacial score (nSPS) is 18.1. The van der Waals surface area contributed by atoms with E-state index in [4.69, 9.17) is 17.0 Å². The van der Waals surface area contributed by atoms with Crippen molar-refractivity contribution in [1.29, 1.82) is 0 Å². The molecule has 0 bridgehead atoms. The van der Waals surface area contributed by atoms with Crippen molar-refractivity contribution in [3.05, 3.63) is 103 Å². The van der Waals surface area contributed by atoms with E-state index in [1.165, 1.54) is 0 Å². The minimum atomic E-state index is -0.145. The number of hydrogen-bond donors (Lipinski definition) is 1. The van der Waals surface area contributed by atoms with Crippen molar-refractivity contribution in [2.24, 2.45) is 0 Å². The molecule has 7 heteroatoms. The van der Waals surface area contributed by atoms with Gasteiger partial charge in [0.1, 0.15) is 11.8 Å². The third kappa shape index (κ3) is 3.43. The molecular formula is C24H21N5OS. The minimum absolute atomic E-state index is 0.135. The van der Waals surface area contributed by atoms with Gasteiger partial charge in [-0.2, -0.15) is 0 Å². The second-order valence-corrected chi connectivity index (χ2v) is 7.57. The summed E-state index contributed by atoms with van der Waals surface area (Å²) in [6.07, 6.45) is 7.48. The monoisotopic (exact) mass is 427 g/mol. The lowest BCUT2D eigenvalue weighted by molar-refractivity contribution is 0.414. The van der Waals surface area contributed by atoms with E-state index in [-0.39, 0.29) is 12.1 Å². The van der Waals surface area contributed by atoms with Crippen LogP contribution in [-0.4, -0.2) is 26.8 Å². The van der Waals surface area contributed by atoms with Gasteiger partial charge in [0, 0.05) is 24.3 Å². The SMILES string of the molecule is COc1ccccc1N1C(=S)N[C@@H](c2ccccn2)[C@H]1c1cccn1-c1cccnc1. The second kappa shape index (κ2) is 8.20. The van der Waals surface area contributed by atoms with Crippen LogP contribution in [0.3, 0.4) is 0 Å². The summed E-state index contributed by atoms with van der Waals surface area (Å²) in [5.74, 6) is 0.762. The van der Waals surface area contributed by atoms with Gasteiger partial charge >= 0.3 is 0 Å². The molecule has 1 aliphatic heterocycles. The molecule has 5 rings (SSSR count). The Bertz CT molecular complexity index is 1190. The van der Waals surface area contributed by atoms with Gasteiger partial charge in [-0.15, -0.1) is 0 Å². The first kappa shape index (κ1) is 19.3. The minimum Gasteiger partial charge on any atom is -0.495 e. The lowest BCUT2D eigenvalue weighted by Gasteiger charge is -2.29. The molecule has 4 heterocycles. The number of thiocarbonyl (C=S) groups is 1. The third-order valence-electron chi connectivity index (χ3n) is 5.45. The molecule has 0 spiro atoms. The topological polar surface area (TPSA) is 55.2 Å². The van der Waals surface area contributed by atoms with Crippen LogP contribution in [0.1, 0.15) is 23.5 Å². The van der Waals surface area contributed by atoms with Crippen molar-refractivity contribution in [3.8, 4) is 11.4 Å². The van der Waals surface area contributed by atoms with Crippen LogP contribution in [0, 0.1) is 0 Å². The molecule has 1 N–H and O–H groups in total. The highest BCUT2D eigenvalue weighted by Crippen LogP contribution is 2.44. The first-order valence-corrected chi connectivity index (χ1v) is 10.4. The highest BCUT2D eigenvalue weighted by atomic mass is 32.1. The van der Waals surface area contributed by atoms with Crippen molar-refractivity contribution in [2.45, 2.75) is 12.1 Å². The zero-order valence-electron chi connectivity index (χ0n) is 16.9. The Morgan fingerprint density at radius 3 is 2.61 bits per heavy atom. The van der Waals surface area contributed by atoms with Crippen LogP contribution in [0.4, 0.5) is 5.69 Å². The Kier molecular flexibility index (Phi) is 5.09. The number of para-hydroxylation sites is 2. The van der Waals surface area contributed by atoms with Crippen LogP contribution in [0.25, 0.3) is 5.69 Å². The Labute approximate surface area is 186 Å². The molecule has 0 unspecified atom stereocenters.